The summed E-state index contributed by atoms with van der Waals surface area (Å²) in [7, 11) is 0. The first-order valence-corrected chi connectivity index (χ1v) is 5.18. The second-order valence-corrected chi connectivity index (χ2v) is 3.87. The number of H-pyrrole nitrogens is 1. The van der Waals surface area contributed by atoms with Crippen molar-refractivity contribution in [2.45, 2.75) is 26.2 Å². The van der Waals surface area contributed by atoms with Crippen molar-refractivity contribution >= 4 is 17.2 Å². The molecule has 0 saturated carbocycles. The van der Waals surface area contributed by atoms with E-state index in [1.165, 1.54) is 5.56 Å². The maximum atomic E-state index is 10.9. The summed E-state index contributed by atoms with van der Waals surface area (Å²) in [6, 6.07) is 4.04. The first kappa shape index (κ1) is 9.90. The third-order valence-electron chi connectivity index (χ3n) is 2.91. The topological polar surface area (TPSA) is 45.8 Å². The fraction of sp³-hybridized carbons (Fsp3) is 0.333. The molecule has 0 bridgehead atoms. The Kier molecular flexibility index (Phi) is 2.54. The highest BCUT2D eigenvalue weighted by Crippen LogP contribution is 2.24. The number of fused-ring (bicyclic) bond motifs is 1. The molecule has 1 N–H and O–H groups in total. The number of hydrogen-bond donors (Lipinski definition) is 1. The van der Waals surface area contributed by atoms with Crippen LogP contribution in [0.3, 0.4) is 0 Å². The van der Waals surface area contributed by atoms with Gasteiger partial charge in [-0.3, -0.25) is 9.89 Å². The predicted molar refractivity (Wildman–Crippen MR) is 60.2 cm³/mol. The Labute approximate surface area is 88.5 Å². The van der Waals surface area contributed by atoms with Crippen LogP contribution in [0.5, 0.6) is 0 Å². The number of nitrogens with one attached hydrogen (secondary N) is 1. The largest absolute Gasteiger partial charge is 0.298 e. The van der Waals surface area contributed by atoms with E-state index in [0.29, 0.717) is 11.5 Å². The zero-order chi connectivity index (χ0) is 10.8. The maximum Gasteiger partial charge on any atom is 0.152 e. The Balaban J connectivity index is 2.63. The SMILES string of the molecule is CCC(C)c1cc(C=O)c2[nH]ncc2c1. The minimum absolute atomic E-state index is 0.475. The van der Waals surface area contributed by atoms with Gasteiger partial charge in [-0.25, -0.2) is 0 Å². The molecule has 1 aromatic carbocycles. The predicted octanol–water partition coefficient (Wildman–Crippen LogP) is 2.89. The van der Waals surface area contributed by atoms with Crippen molar-refractivity contribution in [1.29, 1.82) is 0 Å². The summed E-state index contributed by atoms with van der Waals surface area (Å²) in [6.07, 6.45) is 3.71. The van der Waals surface area contributed by atoms with E-state index in [0.717, 1.165) is 23.6 Å². The Hall–Kier alpha value is -1.64. The molecular weight excluding hydrogens is 188 g/mol. The third kappa shape index (κ3) is 1.65. The first-order valence-electron chi connectivity index (χ1n) is 5.18. The summed E-state index contributed by atoms with van der Waals surface area (Å²) in [5, 5.41) is 7.80. The number of hydrogen-bond acceptors (Lipinski definition) is 2. The van der Waals surface area contributed by atoms with E-state index in [9.17, 15) is 4.79 Å². The van der Waals surface area contributed by atoms with Crippen LogP contribution in [0.2, 0.25) is 0 Å². The van der Waals surface area contributed by atoms with Gasteiger partial charge in [0, 0.05) is 10.9 Å². The molecule has 78 valence electrons. The molecule has 2 aromatic rings. The Morgan fingerprint density at radius 3 is 3.00 bits per heavy atom. The van der Waals surface area contributed by atoms with Crippen LogP contribution < -0.4 is 0 Å². The molecule has 0 aliphatic carbocycles. The summed E-state index contributed by atoms with van der Waals surface area (Å²) in [5.41, 5.74) is 2.73. The van der Waals surface area contributed by atoms with E-state index < -0.39 is 0 Å². The molecule has 0 aliphatic heterocycles. The van der Waals surface area contributed by atoms with Crippen molar-refractivity contribution in [3.05, 3.63) is 29.5 Å². The summed E-state index contributed by atoms with van der Waals surface area (Å²) in [4.78, 5) is 10.9. The van der Waals surface area contributed by atoms with Gasteiger partial charge in [-0.05, 0) is 30.0 Å². The molecule has 1 atom stereocenters. The van der Waals surface area contributed by atoms with E-state index in [2.05, 4.69) is 30.1 Å². The fourth-order valence-corrected chi connectivity index (χ4v) is 1.72. The second kappa shape index (κ2) is 3.85. The van der Waals surface area contributed by atoms with Gasteiger partial charge in [0.25, 0.3) is 0 Å². The Morgan fingerprint density at radius 1 is 1.53 bits per heavy atom. The number of carbonyl (C=O) groups is 1. The molecule has 0 saturated heterocycles. The van der Waals surface area contributed by atoms with Crippen molar-refractivity contribution in [2.24, 2.45) is 0 Å². The average molecular weight is 202 g/mol. The highest BCUT2D eigenvalue weighted by Gasteiger charge is 2.09. The molecular formula is C12H14N2O. The normalized spacial score (nSPS) is 12.9. The molecule has 0 spiro atoms. The van der Waals surface area contributed by atoms with E-state index >= 15 is 0 Å². The molecule has 2 rings (SSSR count). The average Bonchev–Trinajstić information content (AvgIpc) is 2.74. The van der Waals surface area contributed by atoms with Gasteiger partial charge < -0.3 is 0 Å². The van der Waals surface area contributed by atoms with Crippen molar-refractivity contribution in [3.8, 4) is 0 Å². The van der Waals surface area contributed by atoms with Crippen LogP contribution in [0.25, 0.3) is 10.9 Å². The van der Waals surface area contributed by atoms with Gasteiger partial charge >= 0.3 is 0 Å². The number of aromatic nitrogens is 2. The lowest BCUT2D eigenvalue weighted by atomic mass is 9.95. The van der Waals surface area contributed by atoms with Gasteiger partial charge in [0.15, 0.2) is 6.29 Å². The van der Waals surface area contributed by atoms with Gasteiger partial charge in [-0.1, -0.05) is 13.8 Å². The molecule has 1 heterocycles. The quantitative estimate of drug-likeness (QED) is 0.778. The fourth-order valence-electron chi connectivity index (χ4n) is 1.72. The van der Waals surface area contributed by atoms with E-state index in [1.807, 2.05) is 6.07 Å². The van der Waals surface area contributed by atoms with Gasteiger partial charge in [-0.15, -0.1) is 0 Å². The van der Waals surface area contributed by atoms with Crippen LogP contribution in [0.1, 0.15) is 42.1 Å². The third-order valence-corrected chi connectivity index (χ3v) is 2.91. The van der Waals surface area contributed by atoms with Crippen LogP contribution in [-0.2, 0) is 0 Å². The second-order valence-electron chi connectivity index (χ2n) is 3.87. The zero-order valence-corrected chi connectivity index (χ0v) is 8.95. The van der Waals surface area contributed by atoms with Crippen LogP contribution in [0.15, 0.2) is 18.3 Å². The summed E-state index contributed by atoms with van der Waals surface area (Å²) in [6.45, 7) is 4.31. The molecule has 0 aliphatic rings. The van der Waals surface area contributed by atoms with Gasteiger partial charge in [0.2, 0.25) is 0 Å². The standard InChI is InChI=1S/C12H14N2O/c1-3-8(2)9-4-10-6-13-14-12(10)11(5-9)7-15/h4-8H,3H2,1-2H3,(H,13,14). The first-order chi connectivity index (χ1) is 7.26. The minimum Gasteiger partial charge on any atom is -0.298 e. The number of rotatable bonds is 3. The maximum absolute atomic E-state index is 10.9. The van der Waals surface area contributed by atoms with Crippen LogP contribution >= 0.6 is 0 Å². The molecule has 0 fully saturated rings. The number of aromatic amines is 1. The molecule has 3 heteroatoms. The number of nitrogens with zero attached hydrogens (tertiary/aromatic N) is 1. The lowest BCUT2D eigenvalue weighted by molar-refractivity contribution is 0.112. The van der Waals surface area contributed by atoms with Gasteiger partial charge in [0.05, 0.1) is 11.7 Å². The number of aldehydes is 1. The smallest absolute Gasteiger partial charge is 0.152 e. The number of benzene rings is 1. The molecule has 3 nitrogen and oxygen atoms in total. The molecule has 1 unspecified atom stereocenters. The summed E-state index contributed by atoms with van der Waals surface area (Å²) >= 11 is 0. The zero-order valence-electron chi connectivity index (χ0n) is 8.95. The molecule has 0 radical (unpaired) electrons. The van der Waals surface area contributed by atoms with E-state index in [1.54, 1.807) is 6.20 Å². The molecule has 1 aromatic heterocycles. The molecule has 0 amide bonds. The van der Waals surface area contributed by atoms with Crippen molar-refractivity contribution in [2.75, 3.05) is 0 Å². The summed E-state index contributed by atoms with van der Waals surface area (Å²) in [5.74, 6) is 0.475. The van der Waals surface area contributed by atoms with Crippen LogP contribution in [0.4, 0.5) is 0 Å². The highest BCUT2D eigenvalue weighted by molar-refractivity contribution is 5.95. The van der Waals surface area contributed by atoms with Gasteiger partial charge in [-0.2, -0.15) is 5.10 Å². The highest BCUT2D eigenvalue weighted by atomic mass is 16.1. The van der Waals surface area contributed by atoms with E-state index in [-0.39, 0.29) is 0 Å². The van der Waals surface area contributed by atoms with Crippen molar-refractivity contribution in [1.82, 2.24) is 10.2 Å². The van der Waals surface area contributed by atoms with E-state index in [4.69, 9.17) is 0 Å². The Morgan fingerprint density at radius 2 is 2.33 bits per heavy atom. The van der Waals surface area contributed by atoms with Crippen LogP contribution in [0, 0.1) is 0 Å². The lowest BCUT2D eigenvalue weighted by Gasteiger charge is -2.09. The van der Waals surface area contributed by atoms with Crippen molar-refractivity contribution < 1.29 is 4.79 Å². The van der Waals surface area contributed by atoms with Crippen LogP contribution in [-0.4, -0.2) is 16.5 Å². The summed E-state index contributed by atoms with van der Waals surface area (Å²) < 4.78 is 0. The number of carbonyl (C=O) groups excluding carboxylic acids is 1. The minimum atomic E-state index is 0.475. The van der Waals surface area contributed by atoms with Gasteiger partial charge in [0.1, 0.15) is 0 Å². The molecule has 15 heavy (non-hydrogen) atoms. The monoisotopic (exact) mass is 202 g/mol. The van der Waals surface area contributed by atoms with Crippen molar-refractivity contribution in [3.63, 3.8) is 0 Å². The lowest BCUT2D eigenvalue weighted by Crippen LogP contribution is -1.94. The Bertz CT molecular complexity index is 487.